The molecule has 4 atom stereocenters. The highest BCUT2D eigenvalue weighted by Gasteiger charge is 2.41. The number of fused-ring (bicyclic) bond motifs is 2. The third-order valence-corrected chi connectivity index (χ3v) is 5.02. The minimum Gasteiger partial charge on any atom is -0.478 e. The van der Waals surface area contributed by atoms with Crippen LogP contribution in [-0.4, -0.2) is 22.1 Å². The second-order valence-electron chi connectivity index (χ2n) is 6.20. The lowest BCUT2D eigenvalue weighted by atomic mass is 9.84. The Bertz CT molecular complexity index is 532. The molecule has 0 spiro atoms. The minimum atomic E-state index is -1.01. The monoisotopic (exact) mass is 275 g/mol. The molecule has 0 saturated heterocycles. The summed E-state index contributed by atoms with van der Waals surface area (Å²) in [5.41, 5.74) is 6.25. The zero-order valence-electron chi connectivity index (χ0n) is 11.7. The first-order chi connectivity index (χ1) is 9.56. The Balaban J connectivity index is 1.74. The number of nitrogen functional groups attached to an aromatic ring is 1. The van der Waals surface area contributed by atoms with Crippen molar-refractivity contribution >= 4 is 17.5 Å². The molecule has 4 unspecified atom stereocenters. The summed E-state index contributed by atoms with van der Waals surface area (Å²) in [4.78, 5) is 15.3. The van der Waals surface area contributed by atoms with Crippen molar-refractivity contribution in [2.45, 2.75) is 38.6 Å². The molecule has 5 nitrogen and oxygen atoms in total. The van der Waals surface area contributed by atoms with Gasteiger partial charge >= 0.3 is 5.97 Å². The molecule has 3 rings (SSSR count). The lowest BCUT2D eigenvalue weighted by Gasteiger charge is -2.29. The van der Waals surface area contributed by atoms with Gasteiger partial charge < -0.3 is 16.2 Å². The fourth-order valence-corrected chi connectivity index (χ4v) is 4.00. The van der Waals surface area contributed by atoms with Crippen LogP contribution < -0.4 is 11.1 Å². The second kappa shape index (κ2) is 4.96. The summed E-state index contributed by atoms with van der Waals surface area (Å²) in [6, 6.07) is 1.72. The van der Waals surface area contributed by atoms with Gasteiger partial charge in [-0.2, -0.15) is 0 Å². The van der Waals surface area contributed by atoms with Gasteiger partial charge in [-0.25, -0.2) is 9.78 Å². The quantitative estimate of drug-likeness (QED) is 0.786. The summed E-state index contributed by atoms with van der Waals surface area (Å²) in [7, 11) is 0. The van der Waals surface area contributed by atoms with Crippen molar-refractivity contribution in [1.29, 1.82) is 0 Å². The Morgan fingerprint density at radius 2 is 2.30 bits per heavy atom. The van der Waals surface area contributed by atoms with Crippen LogP contribution in [0.1, 0.15) is 43.0 Å². The molecule has 0 radical (unpaired) electrons. The SMILES string of the molecule is CC(Nc1nccc(C(=O)O)c1N)C1CC2CCC1C2. The number of hydrogen-bond donors (Lipinski definition) is 3. The third-order valence-electron chi connectivity index (χ3n) is 5.02. The molecule has 1 aromatic heterocycles. The minimum absolute atomic E-state index is 0.114. The van der Waals surface area contributed by atoms with E-state index in [1.54, 1.807) is 0 Å². The first-order valence-electron chi connectivity index (χ1n) is 7.30. The number of rotatable bonds is 4. The molecule has 5 heteroatoms. The van der Waals surface area contributed by atoms with E-state index in [2.05, 4.69) is 17.2 Å². The molecule has 4 N–H and O–H groups in total. The van der Waals surface area contributed by atoms with Gasteiger partial charge in [0.2, 0.25) is 0 Å². The molecule has 1 aromatic rings. The number of nitrogens with two attached hydrogens (primary N) is 1. The van der Waals surface area contributed by atoms with Crippen LogP contribution >= 0.6 is 0 Å². The van der Waals surface area contributed by atoms with Gasteiger partial charge in [0.25, 0.3) is 0 Å². The first-order valence-corrected chi connectivity index (χ1v) is 7.30. The molecule has 2 aliphatic carbocycles. The Hall–Kier alpha value is -1.78. The Kier molecular flexibility index (Phi) is 3.28. The normalized spacial score (nSPS) is 29.4. The van der Waals surface area contributed by atoms with E-state index < -0.39 is 5.97 Å². The highest BCUT2D eigenvalue weighted by molar-refractivity contribution is 5.96. The molecule has 0 aliphatic heterocycles. The standard InChI is InChI=1S/C15H21N3O2/c1-8(12-7-9-2-3-10(12)6-9)18-14-13(16)11(15(19)20)4-5-17-14/h4-5,8-10,12H,2-3,6-7,16H2,1H3,(H,17,18)(H,19,20). The van der Waals surface area contributed by atoms with E-state index in [9.17, 15) is 4.79 Å². The number of aromatic nitrogens is 1. The molecule has 2 fully saturated rings. The number of carbonyl (C=O) groups is 1. The van der Waals surface area contributed by atoms with Crippen LogP contribution in [0, 0.1) is 17.8 Å². The number of nitrogens with zero attached hydrogens (tertiary/aromatic N) is 1. The van der Waals surface area contributed by atoms with Crippen LogP contribution in [0.4, 0.5) is 11.5 Å². The lowest BCUT2D eigenvalue weighted by Crippen LogP contribution is -2.30. The number of aromatic carboxylic acids is 1. The van der Waals surface area contributed by atoms with Crippen molar-refractivity contribution in [3.63, 3.8) is 0 Å². The van der Waals surface area contributed by atoms with Gasteiger partial charge in [-0.15, -0.1) is 0 Å². The van der Waals surface area contributed by atoms with Gasteiger partial charge in [-0.05, 0) is 50.0 Å². The highest BCUT2D eigenvalue weighted by Crippen LogP contribution is 2.49. The van der Waals surface area contributed by atoms with Gasteiger partial charge in [0.1, 0.15) is 5.82 Å². The topological polar surface area (TPSA) is 88.2 Å². The molecule has 1 heterocycles. The molecular weight excluding hydrogens is 254 g/mol. The van der Waals surface area contributed by atoms with Gasteiger partial charge in [-0.1, -0.05) is 6.42 Å². The van der Waals surface area contributed by atoms with Crippen LogP contribution in [0.3, 0.4) is 0 Å². The van der Waals surface area contributed by atoms with Gasteiger partial charge in [-0.3, -0.25) is 0 Å². The number of carboxylic acids is 1. The van der Waals surface area contributed by atoms with Crippen LogP contribution in [0.5, 0.6) is 0 Å². The number of hydrogen-bond acceptors (Lipinski definition) is 4. The third kappa shape index (κ3) is 2.21. The zero-order valence-corrected chi connectivity index (χ0v) is 11.7. The smallest absolute Gasteiger partial charge is 0.337 e. The summed E-state index contributed by atoms with van der Waals surface area (Å²) >= 11 is 0. The fraction of sp³-hybridized carbons (Fsp3) is 0.600. The van der Waals surface area contributed by atoms with E-state index in [4.69, 9.17) is 10.8 Å². The van der Waals surface area contributed by atoms with Crippen molar-refractivity contribution in [2.24, 2.45) is 17.8 Å². The van der Waals surface area contributed by atoms with Crippen molar-refractivity contribution in [3.8, 4) is 0 Å². The lowest BCUT2D eigenvalue weighted by molar-refractivity contribution is 0.0698. The summed E-state index contributed by atoms with van der Waals surface area (Å²) in [6.07, 6.45) is 6.84. The number of nitrogens with one attached hydrogen (secondary N) is 1. The average Bonchev–Trinajstić information content (AvgIpc) is 3.03. The number of pyridine rings is 1. The molecular formula is C15H21N3O2. The maximum absolute atomic E-state index is 11.1. The molecule has 2 bridgehead atoms. The predicted octanol–water partition coefficient (Wildman–Crippen LogP) is 2.60. The molecule has 0 aromatic carbocycles. The summed E-state index contributed by atoms with van der Waals surface area (Å²) in [5, 5.41) is 12.4. The largest absolute Gasteiger partial charge is 0.478 e. The van der Waals surface area contributed by atoms with Gasteiger partial charge in [0.05, 0.1) is 11.3 Å². The van der Waals surface area contributed by atoms with E-state index in [1.807, 2.05) is 0 Å². The van der Waals surface area contributed by atoms with Gasteiger partial charge in [0, 0.05) is 12.2 Å². The van der Waals surface area contributed by atoms with E-state index in [1.165, 1.54) is 37.9 Å². The maximum Gasteiger partial charge on any atom is 0.337 e. The Morgan fingerprint density at radius 3 is 2.90 bits per heavy atom. The Morgan fingerprint density at radius 1 is 1.50 bits per heavy atom. The summed E-state index contributed by atoms with van der Waals surface area (Å²) in [5.74, 6) is 1.85. The van der Waals surface area contributed by atoms with E-state index >= 15 is 0 Å². The van der Waals surface area contributed by atoms with Crippen molar-refractivity contribution < 1.29 is 9.90 Å². The van der Waals surface area contributed by atoms with Crippen molar-refractivity contribution in [3.05, 3.63) is 17.8 Å². The summed E-state index contributed by atoms with van der Waals surface area (Å²) < 4.78 is 0. The highest BCUT2D eigenvalue weighted by atomic mass is 16.4. The fourth-order valence-electron chi connectivity index (χ4n) is 4.00. The predicted molar refractivity (Wildman–Crippen MR) is 77.6 cm³/mol. The molecule has 108 valence electrons. The maximum atomic E-state index is 11.1. The molecule has 0 amide bonds. The molecule has 20 heavy (non-hydrogen) atoms. The van der Waals surface area contributed by atoms with Crippen LogP contribution in [-0.2, 0) is 0 Å². The molecule has 2 aliphatic rings. The van der Waals surface area contributed by atoms with Crippen LogP contribution in [0.2, 0.25) is 0 Å². The number of anilines is 2. The van der Waals surface area contributed by atoms with Gasteiger partial charge in [0.15, 0.2) is 0 Å². The van der Waals surface area contributed by atoms with Crippen molar-refractivity contribution in [2.75, 3.05) is 11.1 Å². The summed E-state index contributed by atoms with van der Waals surface area (Å²) in [6.45, 7) is 2.15. The first kappa shape index (κ1) is 13.2. The molecule has 2 saturated carbocycles. The van der Waals surface area contributed by atoms with E-state index in [-0.39, 0.29) is 17.3 Å². The zero-order chi connectivity index (χ0) is 14.3. The second-order valence-corrected chi connectivity index (χ2v) is 6.20. The number of carboxylic acid groups (broad SMARTS) is 1. The van der Waals surface area contributed by atoms with E-state index in [0.29, 0.717) is 11.7 Å². The average molecular weight is 275 g/mol. The Labute approximate surface area is 118 Å². The van der Waals surface area contributed by atoms with Crippen LogP contribution in [0.15, 0.2) is 12.3 Å². The van der Waals surface area contributed by atoms with Crippen LogP contribution in [0.25, 0.3) is 0 Å². The van der Waals surface area contributed by atoms with E-state index in [0.717, 1.165) is 11.8 Å². The van der Waals surface area contributed by atoms with Crippen molar-refractivity contribution in [1.82, 2.24) is 4.98 Å².